The van der Waals surface area contributed by atoms with Crippen LogP contribution in [-0.2, 0) is 26.4 Å². The summed E-state index contributed by atoms with van der Waals surface area (Å²) in [4.78, 5) is 0.176. The summed E-state index contributed by atoms with van der Waals surface area (Å²) in [6, 6.07) is 4.95. The summed E-state index contributed by atoms with van der Waals surface area (Å²) < 4.78 is 40.6. The first kappa shape index (κ1) is 16.5. The van der Waals surface area contributed by atoms with E-state index in [1.165, 1.54) is 38.9 Å². The second-order valence-electron chi connectivity index (χ2n) is 5.66. The molecule has 1 aliphatic carbocycles. The lowest BCUT2D eigenvalue weighted by atomic mass is 10.1. The molecule has 0 heterocycles. The Kier molecular flexibility index (Phi) is 5.43. The van der Waals surface area contributed by atoms with Crippen molar-refractivity contribution in [2.24, 2.45) is 5.92 Å². The van der Waals surface area contributed by atoms with Gasteiger partial charge in [-0.15, -0.1) is 0 Å². The molecule has 0 bridgehead atoms. The van der Waals surface area contributed by atoms with Crippen LogP contribution < -0.4 is 4.74 Å². The highest BCUT2D eigenvalue weighted by Gasteiger charge is 2.19. The predicted octanol–water partition coefficient (Wildman–Crippen LogP) is 2.54. The Balaban J connectivity index is 2.08. The molecule has 21 heavy (non-hydrogen) atoms. The summed E-state index contributed by atoms with van der Waals surface area (Å²) in [5, 5.41) is 0. The molecule has 1 aromatic carbocycles. The molecule has 118 valence electrons. The van der Waals surface area contributed by atoms with Crippen molar-refractivity contribution in [3.63, 3.8) is 0 Å². The van der Waals surface area contributed by atoms with Crippen LogP contribution in [-0.4, -0.2) is 31.7 Å². The number of methoxy groups -OCH3 is 1. The molecule has 0 aliphatic heterocycles. The quantitative estimate of drug-likeness (QED) is 0.804. The maximum Gasteiger partial charge on any atom is 0.179 e. The minimum atomic E-state index is -3.31. The summed E-state index contributed by atoms with van der Waals surface area (Å²) >= 11 is 0. The van der Waals surface area contributed by atoms with Crippen LogP contribution >= 0.6 is 0 Å². The smallest absolute Gasteiger partial charge is 0.179 e. The third-order valence-corrected chi connectivity index (χ3v) is 6.49. The number of benzene rings is 1. The fraction of sp³-hybridized carbons (Fsp3) is 0.600. The van der Waals surface area contributed by atoms with E-state index in [1.54, 1.807) is 12.1 Å². The monoisotopic (exact) mass is 330 g/mol. The molecule has 4 nitrogen and oxygen atoms in total. The van der Waals surface area contributed by atoms with E-state index in [0.29, 0.717) is 17.4 Å². The zero-order valence-electron chi connectivity index (χ0n) is 12.5. The van der Waals surface area contributed by atoms with Crippen molar-refractivity contribution in [1.82, 2.24) is 0 Å². The number of ether oxygens (including phenoxy) is 1. The third kappa shape index (κ3) is 4.54. The maximum atomic E-state index is 12.2. The maximum absolute atomic E-state index is 12.2. The topological polar surface area (TPSA) is 60.4 Å². The highest BCUT2D eigenvalue weighted by atomic mass is 32.2. The molecule has 0 amide bonds. The molecule has 0 spiro atoms. The van der Waals surface area contributed by atoms with Gasteiger partial charge in [-0.1, -0.05) is 18.9 Å². The molecule has 0 aromatic heterocycles. The van der Waals surface area contributed by atoms with E-state index >= 15 is 0 Å². The van der Waals surface area contributed by atoms with E-state index in [4.69, 9.17) is 4.74 Å². The van der Waals surface area contributed by atoms with Crippen molar-refractivity contribution in [3.05, 3.63) is 23.8 Å². The summed E-state index contributed by atoms with van der Waals surface area (Å²) in [6.07, 6.45) is 6.02. The van der Waals surface area contributed by atoms with Crippen LogP contribution in [0.25, 0.3) is 0 Å². The van der Waals surface area contributed by atoms with Gasteiger partial charge in [0.05, 0.1) is 7.11 Å². The number of hydrogen-bond acceptors (Lipinski definition) is 4. The zero-order chi connectivity index (χ0) is 15.5. The van der Waals surface area contributed by atoms with Gasteiger partial charge in [0.25, 0.3) is 0 Å². The fourth-order valence-electron chi connectivity index (χ4n) is 2.79. The van der Waals surface area contributed by atoms with Crippen LogP contribution in [0.1, 0.15) is 31.2 Å². The fourth-order valence-corrected chi connectivity index (χ4v) is 5.14. The molecule has 1 atom stereocenters. The second-order valence-corrected chi connectivity index (χ2v) is 9.14. The van der Waals surface area contributed by atoms with Gasteiger partial charge in [0.15, 0.2) is 9.84 Å². The average Bonchev–Trinajstić information content (AvgIpc) is 2.89. The minimum Gasteiger partial charge on any atom is -0.495 e. The van der Waals surface area contributed by atoms with Crippen LogP contribution in [0.5, 0.6) is 5.75 Å². The third-order valence-electron chi connectivity index (χ3n) is 3.85. The van der Waals surface area contributed by atoms with Crippen LogP contribution in [0, 0.1) is 5.92 Å². The van der Waals surface area contributed by atoms with E-state index in [0.717, 1.165) is 17.6 Å². The Morgan fingerprint density at radius 2 is 1.95 bits per heavy atom. The largest absolute Gasteiger partial charge is 0.495 e. The highest BCUT2D eigenvalue weighted by Crippen LogP contribution is 2.28. The van der Waals surface area contributed by atoms with Crippen LogP contribution in [0.2, 0.25) is 0 Å². The first-order valence-electron chi connectivity index (χ1n) is 7.12. The van der Waals surface area contributed by atoms with Crippen molar-refractivity contribution < 1.29 is 17.4 Å². The summed E-state index contributed by atoms with van der Waals surface area (Å²) in [5.74, 6) is 2.11. The Hall–Kier alpha value is -0.880. The number of hydrogen-bond donors (Lipinski definition) is 0. The Morgan fingerprint density at radius 1 is 1.29 bits per heavy atom. The Labute approximate surface area is 129 Å². The average molecular weight is 330 g/mol. The SMILES string of the molecule is COc1cc(C[S@@](=O)CC2CCCC2)ccc1S(C)(=O)=O. The van der Waals surface area contributed by atoms with Crippen LogP contribution in [0.4, 0.5) is 0 Å². The first-order chi connectivity index (χ1) is 9.90. The van der Waals surface area contributed by atoms with Gasteiger partial charge < -0.3 is 4.74 Å². The van der Waals surface area contributed by atoms with Crippen LogP contribution in [0.15, 0.2) is 23.1 Å². The molecule has 1 fully saturated rings. The molecule has 0 N–H and O–H groups in total. The molecule has 1 aliphatic rings. The van der Waals surface area contributed by atoms with Crippen molar-refractivity contribution in [3.8, 4) is 5.75 Å². The summed E-state index contributed by atoms with van der Waals surface area (Å²) in [6.45, 7) is 0. The van der Waals surface area contributed by atoms with Gasteiger partial charge in [-0.25, -0.2) is 8.42 Å². The zero-order valence-corrected chi connectivity index (χ0v) is 14.1. The van der Waals surface area contributed by atoms with E-state index < -0.39 is 20.6 Å². The molecule has 0 saturated heterocycles. The van der Waals surface area contributed by atoms with Gasteiger partial charge >= 0.3 is 0 Å². The lowest BCUT2D eigenvalue weighted by molar-refractivity contribution is 0.402. The van der Waals surface area contributed by atoms with Gasteiger partial charge in [-0.05, 0) is 36.5 Å². The van der Waals surface area contributed by atoms with E-state index in [9.17, 15) is 12.6 Å². The Bertz CT molecular complexity index is 617. The molecule has 0 unspecified atom stereocenters. The van der Waals surface area contributed by atoms with Gasteiger partial charge in [0.2, 0.25) is 0 Å². The van der Waals surface area contributed by atoms with Crippen LogP contribution in [0.3, 0.4) is 0 Å². The normalized spacial score (nSPS) is 17.8. The van der Waals surface area contributed by atoms with Gasteiger partial charge in [-0.3, -0.25) is 4.21 Å². The summed E-state index contributed by atoms with van der Waals surface area (Å²) in [5.41, 5.74) is 0.857. The lowest BCUT2D eigenvalue weighted by Crippen LogP contribution is -2.10. The number of sulfone groups is 1. The van der Waals surface area contributed by atoms with E-state index in [1.807, 2.05) is 0 Å². The summed E-state index contributed by atoms with van der Waals surface area (Å²) in [7, 11) is -2.77. The first-order valence-corrected chi connectivity index (χ1v) is 10.5. The highest BCUT2D eigenvalue weighted by molar-refractivity contribution is 7.90. The molecule has 6 heteroatoms. The van der Waals surface area contributed by atoms with E-state index in [-0.39, 0.29) is 4.90 Å². The molecule has 0 radical (unpaired) electrons. The Morgan fingerprint density at radius 3 is 2.52 bits per heavy atom. The lowest BCUT2D eigenvalue weighted by Gasteiger charge is -2.11. The van der Waals surface area contributed by atoms with E-state index in [2.05, 4.69) is 0 Å². The second kappa shape index (κ2) is 6.92. The van der Waals surface area contributed by atoms with Crippen molar-refractivity contribution in [2.45, 2.75) is 36.3 Å². The number of rotatable bonds is 6. The van der Waals surface area contributed by atoms with Crippen molar-refractivity contribution in [1.29, 1.82) is 0 Å². The van der Waals surface area contributed by atoms with Crippen molar-refractivity contribution in [2.75, 3.05) is 19.1 Å². The molecule has 2 rings (SSSR count). The molecule has 1 saturated carbocycles. The van der Waals surface area contributed by atoms with Gasteiger partial charge in [-0.2, -0.15) is 0 Å². The minimum absolute atomic E-state index is 0.176. The molecule has 1 aromatic rings. The van der Waals surface area contributed by atoms with Crippen molar-refractivity contribution >= 4 is 20.6 Å². The van der Waals surface area contributed by atoms with Gasteiger partial charge in [0.1, 0.15) is 10.6 Å². The van der Waals surface area contributed by atoms with Gasteiger partial charge in [0, 0.05) is 28.6 Å². The predicted molar refractivity (Wildman–Crippen MR) is 84.8 cm³/mol. The molecular formula is C15H22O4S2. The standard InChI is InChI=1S/C15H22O4S2/c1-19-14-9-13(7-8-15(14)21(2,17)18)11-20(16)10-12-5-3-4-6-12/h7-9,12H,3-6,10-11H2,1-2H3/t20-/m0/s1. The molecular weight excluding hydrogens is 308 g/mol.